The predicted octanol–water partition coefficient (Wildman–Crippen LogP) is 7.65. The Bertz CT molecular complexity index is 1470. The van der Waals surface area contributed by atoms with E-state index in [4.69, 9.17) is 0 Å². The van der Waals surface area contributed by atoms with Crippen LogP contribution < -0.4 is 5.32 Å². The normalized spacial score (nSPS) is 22.8. The highest BCUT2D eigenvalue weighted by Crippen LogP contribution is 2.47. The highest BCUT2D eigenvalue weighted by molar-refractivity contribution is 5.89. The molecule has 1 spiro atoms. The van der Waals surface area contributed by atoms with Gasteiger partial charge < -0.3 is 15.3 Å². The van der Waals surface area contributed by atoms with Crippen LogP contribution in [0.15, 0.2) is 24.3 Å². The molecule has 2 aliphatic heterocycles. The van der Waals surface area contributed by atoms with Crippen LogP contribution in [0.4, 0.5) is 22.0 Å². The lowest BCUT2D eigenvalue weighted by molar-refractivity contribution is -0.140. The number of hydrogen-bond donors (Lipinski definition) is 2. The highest BCUT2D eigenvalue weighted by atomic mass is 19.4. The number of hydrogen-bond acceptors (Lipinski definition) is 3. The molecule has 5 rings (SSSR count). The fraction of sp³-hybridized carbons (Fsp3) is 0.559. The molecule has 1 saturated heterocycles. The van der Waals surface area contributed by atoms with Gasteiger partial charge in [0.05, 0.1) is 18.0 Å². The third-order valence-electron chi connectivity index (χ3n) is 9.77. The van der Waals surface area contributed by atoms with E-state index in [0.29, 0.717) is 55.0 Å². The second-order valence-corrected chi connectivity index (χ2v) is 13.1. The molecule has 2 amide bonds. The van der Waals surface area contributed by atoms with Crippen LogP contribution in [-0.4, -0.2) is 40.4 Å². The second kappa shape index (κ2) is 13.1. The number of fused-ring (bicyclic) bond motifs is 4. The monoisotopic (exact) mass is 634 g/mol. The van der Waals surface area contributed by atoms with E-state index in [0.717, 1.165) is 51.0 Å². The minimum atomic E-state index is -5.14. The minimum Gasteiger partial charge on any atom is -0.481 e. The van der Waals surface area contributed by atoms with E-state index in [-0.39, 0.29) is 23.3 Å². The third kappa shape index (κ3) is 7.17. The van der Waals surface area contributed by atoms with E-state index in [1.807, 2.05) is 0 Å². The van der Waals surface area contributed by atoms with E-state index < -0.39 is 59.3 Å². The Morgan fingerprint density at radius 3 is 2.38 bits per heavy atom. The number of likely N-dealkylation sites (tertiary alicyclic amines) is 1. The van der Waals surface area contributed by atoms with Gasteiger partial charge in [-0.1, -0.05) is 38.5 Å². The van der Waals surface area contributed by atoms with Crippen molar-refractivity contribution in [2.24, 2.45) is 5.41 Å². The number of nitrogens with zero attached hydrogens (tertiary/aromatic N) is 1. The quantitative estimate of drug-likeness (QED) is 0.340. The van der Waals surface area contributed by atoms with Gasteiger partial charge in [-0.2, -0.15) is 13.2 Å². The molecule has 2 fully saturated rings. The summed E-state index contributed by atoms with van der Waals surface area (Å²) in [4.78, 5) is 40.7. The molecular weight excluding hydrogens is 595 g/mol. The van der Waals surface area contributed by atoms with Crippen LogP contribution in [-0.2, 0) is 27.0 Å². The maximum absolute atomic E-state index is 15.8. The van der Waals surface area contributed by atoms with Crippen molar-refractivity contribution < 1.29 is 41.4 Å². The zero-order valence-corrected chi connectivity index (χ0v) is 25.4. The lowest BCUT2D eigenvalue weighted by Gasteiger charge is -2.31. The molecule has 45 heavy (non-hydrogen) atoms. The van der Waals surface area contributed by atoms with Gasteiger partial charge in [0.15, 0.2) is 0 Å². The third-order valence-corrected chi connectivity index (χ3v) is 9.77. The number of rotatable bonds is 3. The fourth-order valence-electron chi connectivity index (χ4n) is 7.64. The highest BCUT2D eigenvalue weighted by Gasteiger charge is 2.48. The molecule has 2 bridgehead atoms. The van der Waals surface area contributed by atoms with E-state index in [1.165, 1.54) is 12.1 Å². The summed E-state index contributed by atoms with van der Waals surface area (Å²) in [6, 6.07) is 1.65. The SMILES string of the molecule is Cc1cc(F)cc2c1-c1cc(c(F)c(C(F)(F)F)c1)[C@H](CC(=O)O)NC(=O)[C@@H](N1CC3(CCCC3)CC1=O)CCCCCCC2. The molecule has 0 radical (unpaired) electrons. The van der Waals surface area contributed by atoms with Crippen molar-refractivity contribution in [3.05, 3.63) is 58.2 Å². The van der Waals surface area contributed by atoms with Crippen molar-refractivity contribution in [2.45, 2.75) is 109 Å². The van der Waals surface area contributed by atoms with Gasteiger partial charge in [0.2, 0.25) is 11.8 Å². The summed E-state index contributed by atoms with van der Waals surface area (Å²) in [5.41, 5.74) is -1.35. The van der Waals surface area contributed by atoms with Crippen molar-refractivity contribution in [2.75, 3.05) is 6.54 Å². The van der Waals surface area contributed by atoms with Crippen LogP contribution in [0.3, 0.4) is 0 Å². The number of benzene rings is 2. The van der Waals surface area contributed by atoms with Gasteiger partial charge in [-0.25, -0.2) is 8.78 Å². The van der Waals surface area contributed by atoms with Crippen LogP contribution in [0.25, 0.3) is 11.1 Å². The number of amides is 2. The largest absolute Gasteiger partial charge is 0.481 e. The first-order valence-electron chi connectivity index (χ1n) is 15.8. The van der Waals surface area contributed by atoms with Crippen molar-refractivity contribution in [3.63, 3.8) is 0 Å². The summed E-state index contributed by atoms with van der Waals surface area (Å²) in [6.45, 7) is 1.95. The van der Waals surface area contributed by atoms with Gasteiger partial charge in [0.1, 0.15) is 17.7 Å². The molecule has 0 unspecified atom stereocenters. The van der Waals surface area contributed by atoms with Crippen molar-refractivity contribution in [3.8, 4) is 11.1 Å². The number of nitrogens with one attached hydrogen (secondary N) is 1. The van der Waals surface area contributed by atoms with Crippen LogP contribution in [0.2, 0.25) is 0 Å². The van der Waals surface area contributed by atoms with Gasteiger partial charge >= 0.3 is 12.1 Å². The molecule has 6 nitrogen and oxygen atoms in total. The molecular formula is C34H39F5N2O4. The van der Waals surface area contributed by atoms with Crippen LogP contribution in [0.1, 0.15) is 105 Å². The topological polar surface area (TPSA) is 86.7 Å². The molecule has 11 heteroatoms. The fourth-order valence-corrected chi connectivity index (χ4v) is 7.64. The number of carbonyl (C=O) groups is 3. The number of carboxylic acids is 1. The molecule has 244 valence electrons. The van der Waals surface area contributed by atoms with Crippen molar-refractivity contribution in [1.82, 2.24) is 10.2 Å². The Morgan fingerprint density at radius 1 is 1.00 bits per heavy atom. The Morgan fingerprint density at radius 2 is 1.69 bits per heavy atom. The molecule has 2 N–H and O–H groups in total. The molecule has 1 aliphatic carbocycles. The Hall–Kier alpha value is -3.50. The van der Waals surface area contributed by atoms with E-state index in [9.17, 15) is 37.1 Å². The van der Waals surface area contributed by atoms with Gasteiger partial charge in [0, 0.05) is 18.5 Å². The number of aliphatic carboxylic acids is 1. The summed E-state index contributed by atoms with van der Waals surface area (Å²) in [7, 11) is 0. The summed E-state index contributed by atoms with van der Waals surface area (Å²) >= 11 is 0. The summed E-state index contributed by atoms with van der Waals surface area (Å²) in [5.74, 6) is -4.57. The summed E-state index contributed by atoms with van der Waals surface area (Å²) in [6.07, 6.45) is 2.23. The first kappa shape index (κ1) is 32.9. The van der Waals surface area contributed by atoms with E-state index >= 15 is 4.39 Å². The average Bonchev–Trinajstić information content (AvgIpc) is 3.53. The van der Waals surface area contributed by atoms with E-state index in [2.05, 4.69) is 5.32 Å². The molecule has 2 aromatic carbocycles. The van der Waals surface area contributed by atoms with Crippen molar-refractivity contribution >= 4 is 17.8 Å². The first-order valence-corrected chi connectivity index (χ1v) is 15.8. The van der Waals surface area contributed by atoms with Crippen LogP contribution >= 0.6 is 0 Å². The average molecular weight is 635 g/mol. The van der Waals surface area contributed by atoms with Gasteiger partial charge in [-0.15, -0.1) is 0 Å². The van der Waals surface area contributed by atoms with Crippen molar-refractivity contribution in [1.29, 1.82) is 0 Å². The number of alkyl halides is 3. The van der Waals surface area contributed by atoms with E-state index in [1.54, 1.807) is 11.8 Å². The maximum atomic E-state index is 15.8. The predicted molar refractivity (Wildman–Crippen MR) is 157 cm³/mol. The maximum Gasteiger partial charge on any atom is 0.419 e. The number of aryl methyl sites for hydroxylation is 2. The van der Waals surface area contributed by atoms with Crippen LogP contribution in [0.5, 0.6) is 0 Å². The summed E-state index contributed by atoms with van der Waals surface area (Å²) in [5, 5.41) is 12.3. The second-order valence-electron chi connectivity index (χ2n) is 13.1. The number of halogens is 5. The molecule has 1 saturated carbocycles. The molecule has 3 aliphatic rings. The minimum absolute atomic E-state index is 0.0441. The standard InChI is InChI=1S/C34H39F5N2O4/c1-20-13-23(35)14-21-9-5-3-2-4-6-10-27(41-19-33(18-28(41)42)11-7-8-12-33)32(45)40-26(17-29(43)44)24-15-22(30(20)21)16-25(31(24)36)34(37,38)39/h13-16,26-27H,2-12,17-19H2,1H3,(H,40,45)(H,43,44)/t26-,27-/m0/s1. The van der Waals surface area contributed by atoms with Gasteiger partial charge in [-0.05, 0) is 91.0 Å². The molecule has 2 heterocycles. The lowest BCUT2D eigenvalue weighted by atomic mass is 9.85. The lowest BCUT2D eigenvalue weighted by Crippen LogP contribution is -2.49. The van der Waals surface area contributed by atoms with Crippen LogP contribution in [0, 0.1) is 24.0 Å². The Labute approximate surface area is 259 Å². The zero-order valence-electron chi connectivity index (χ0n) is 25.4. The molecule has 2 atom stereocenters. The Kier molecular flexibility index (Phi) is 9.56. The van der Waals surface area contributed by atoms with Gasteiger partial charge in [-0.3, -0.25) is 14.4 Å². The smallest absolute Gasteiger partial charge is 0.419 e. The first-order chi connectivity index (χ1) is 21.3. The summed E-state index contributed by atoms with van der Waals surface area (Å²) < 4.78 is 73.1. The molecule has 0 aromatic heterocycles. The molecule has 2 aromatic rings. The number of carbonyl (C=O) groups excluding carboxylic acids is 2. The zero-order chi connectivity index (χ0) is 32.5. The number of carboxylic acid groups (broad SMARTS) is 1. The Balaban J connectivity index is 1.63. The van der Waals surface area contributed by atoms with Gasteiger partial charge in [0.25, 0.3) is 0 Å².